The fourth-order valence-electron chi connectivity index (χ4n) is 2.22. The first-order valence-electron chi connectivity index (χ1n) is 7.40. The van der Waals surface area contributed by atoms with Gasteiger partial charge in [-0.25, -0.2) is 0 Å². The summed E-state index contributed by atoms with van der Waals surface area (Å²) in [6, 6.07) is 9.37. The summed E-state index contributed by atoms with van der Waals surface area (Å²) in [7, 11) is 3.02. The molecule has 0 bridgehead atoms. The fraction of sp³-hybridized carbons (Fsp3) is 0.167. The minimum Gasteiger partial charge on any atom is -0.493 e. The molecule has 7 nitrogen and oxygen atoms in total. The molecule has 25 heavy (non-hydrogen) atoms. The number of hydrogen-bond donors (Lipinski definition) is 1. The summed E-state index contributed by atoms with van der Waals surface area (Å²) in [5.74, 6) is 0.802. The second-order valence-corrected chi connectivity index (χ2v) is 5.17. The molecule has 0 aliphatic carbocycles. The van der Waals surface area contributed by atoms with Crippen LogP contribution in [0.15, 0.2) is 48.7 Å². The smallest absolute Gasteiger partial charge is 0.269 e. The van der Waals surface area contributed by atoms with Gasteiger partial charge in [0.1, 0.15) is 0 Å². The first-order chi connectivity index (χ1) is 12.0. The molecule has 0 saturated carbocycles. The van der Waals surface area contributed by atoms with Gasteiger partial charge in [0.05, 0.1) is 19.1 Å². The minimum atomic E-state index is -0.451. The molecule has 0 aliphatic rings. The van der Waals surface area contributed by atoms with Crippen molar-refractivity contribution in [3.63, 3.8) is 0 Å². The third kappa shape index (κ3) is 4.35. The largest absolute Gasteiger partial charge is 0.493 e. The summed E-state index contributed by atoms with van der Waals surface area (Å²) >= 11 is 0. The molecule has 2 rings (SSSR count). The number of methoxy groups -OCH3 is 2. The van der Waals surface area contributed by atoms with Crippen molar-refractivity contribution >= 4 is 17.2 Å². The van der Waals surface area contributed by atoms with Crippen molar-refractivity contribution in [1.29, 1.82) is 0 Å². The monoisotopic (exact) mass is 342 g/mol. The Morgan fingerprint density at radius 2 is 1.84 bits per heavy atom. The van der Waals surface area contributed by atoms with E-state index < -0.39 is 4.92 Å². The number of nitrogens with one attached hydrogen (secondary N) is 1. The predicted molar refractivity (Wildman–Crippen MR) is 94.5 cm³/mol. The predicted octanol–water partition coefficient (Wildman–Crippen LogP) is 3.73. The third-order valence-corrected chi connectivity index (χ3v) is 3.56. The first-order valence-corrected chi connectivity index (χ1v) is 7.40. The number of nitro benzene ring substituents is 1. The Labute approximate surface area is 145 Å². The van der Waals surface area contributed by atoms with Gasteiger partial charge in [0, 0.05) is 35.7 Å². The number of anilines is 1. The van der Waals surface area contributed by atoms with E-state index in [9.17, 15) is 14.9 Å². The van der Waals surface area contributed by atoms with E-state index >= 15 is 0 Å². The van der Waals surface area contributed by atoms with Gasteiger partial charge < -0.3 is 14.8 Å². The molecule has 2 aromatic carbocycles. The van der Waals surface area contributed by atoms with Gasteiger partial charge in [0.25, 0.3) is 5.69 Å². The van der Waals surface area contributed by atoms with Gasteiger partial charge in [-0.2, -0.15) is 0 Å². The number of allylic oxidation sites excluding steroid dienone is 1. The van der Waals surface area contributed by atoms with Gasteiger partial charge in [0.2, 0.25) is 0 Å². The number of ether oxygens (including phenoxy) is 2. The number of carbonyl (C=O) groups excluding carboxylic acids is 1. The molecule has 130 valence electrons. The van der Waals surface area contributed by atoms with Crippen LogP contribution in [-0.2, 0) is 0 Å². The highest BCUT2D eigenvalue weighted by Gasteiger charge is 2.09. The summed E-state index contributed by atoms with van der Waals surface area (Å²) in [6.45, 7) is 1.75. The Hall–Kier alpha value is -3.35. The van der Waals surface area contributed by atoms with Crippen LogP contribution in [0.1, 0.15) is 15.9 Å². The van der Waals surface area contributed by atoms with E-state index in [2.05, 4.69) is 5.32 Å². The van der Waals surface area contributed by atoms with E-state index in [0.717, 1.165) is 0 Å². The molecule has 0 unspecified atom stereocenters. The maximum absolute atomic E-state index is 12.2. The number of ketones is 1. The molecule has 0 aromatic heterocycles. The van der Waals surface area contributed by atoms with E-state index in [-0.39, 0.29) is 11.5 Å². The molecule has 0 atom stereocenters. The topological polar surface area (TPSA) is 90.7 Å². The van der Waals surface area contributed by atoms with Gasteiger partial charge >= 0.3 is 0 Å². The average molecular weight is 342 g/mol. The third-order valence-electron chi connectivity index (χ3n) is 3.56. The zero-order valence-electron chi connectivity index (χ0n) is 14.1. The molecule has 0 fully saturated rings. The highest BCUT2D eigenvalue weighted by atomic mass is 16.6. The molecule has 0 heterocycles. The zero-order valence-corrected chi connectivity index (χ0v) is 14.1. The number of nitrogens with zero attached hydrogens (tertiary/aromatic N) is 1. The van der Waals surface area contributed by atoms with Crippen LogP contribution in [-0.4, -0.2) is 24.9 Å². The maximum Gasteiger partial charge on any atom is 0.269 e. The first kappa shape index (κ1) is 18.0. The van der Waals surface area contributed by atoms with Gasteiger partial charge in [-0.1, -0.05) is 0 Å². The van der Waals surface area contributed by atoms with Crippen molar-refractivity contribution in [2.24, 2.45) is 0 Å². The van der Waals surface area contributed by atoms with E-state index in [1.54, 1.807) is 31.2 Å². The van der Waals surface area contributed by atoms with Crippen molar-refractivity contribution < 1.29 is 19.2 Å². The number of aryl methyl sites for hydroxylation is 1. The molecule has 2 aromatic rings. The quantitative estimate of drug-likeness (QED) is 0.357. The van der Waals surface area contributed by atoms with Crippen molar-refractivity contribution in [3.05, 3.63) is 69.9 Å². The minimum absolute atomic E-state index is 0.0217. The number of non-ortho nitro benzene ring substituents is 1. The summed E-state index contributed by atoms with van der Waals surface area (Å²) in [5, 5.41) is 13.7. The van der Waals surface area contributed by atoms with Crippen LogP contribution in [0.3, 0.4) is 0 Å². The lowest BCUT2D eigenvalue weighted by Gasteiger charge is -2.08. The molecule has 0 aliphatic heterocycles. The lowest BCUT2D eigenvalue weighted by atomic mass is 10.1. The van der Waals surface area contributed by atoms with E-state index in [4.69, 9.17) is 9.47 Å². The second-order valence-electron chi connectivity index (χ2n) is 5.17. The van der Waals surface area contributed by atoms with Crippen molar-refractivity contribution in [3.8, 4) is 11.5 Å². The van der Waals surface area contributed by atoms with Crippen LogP contribution in [0.5, 0.6) is 11.5 Å². The summed E-state index contributed by atoms with van der Waals surface area (Å²) in [6.07, 6.45) is 2.87. The zero-order chi connectivity index (χ0) is 18.4. The van der Waals surface area contributed by atoms with Crippen molar-refractivity contribution in [2.45, 2.75) is 6.92 Å². The van der Waals surface area contributed by atoms with Crippen molar-refractivity contribution in [2.75, 3.05) is 19.5 Å². The molecule has 1 N–H and O–H groups in total. The van der Waals surface area contributed by atoms with Crippen LogP contribution in [0.25, 0.3) is 0 Å². The maximum atomic E-state index is 12.2. The Morgan fingerprint density at radius 1 is 1.12 bits per heavy atom. The number of carbonyl (C=O) groups is 1. The number of nitro groups is 1. The van der Waals surface area contributed by atoms with Crippen LogP contribution < -0.4 is 14.8 Å². The lowest BCUT2D eigenvalue weighted by Crippen LogP contribution is -1.99. The number of benzene rings is 2. The van der Waals surface area contributed by atoms with E-state index in [0.29, 0.717) is 28.3 Å². The van der Waals surface area contributed by atoms with Crippen LogP contribution in [0.2, 0.25) is 0 Å². The van der Waals surface area contributed by atoms with Crippen LogP contribution >= 0.6 is 0 Å². The molecule has 7 heteroatoms. The van der Waals surface area contributed by atoms with E-state index in [1.165, 1.54) is 38.6 Å². The Bertz CT molecular complexity index is 830. The highest BCUT2D eigenvalue weighted by Crippen LogP contribution is 2.27. The summed E-state index contributed by atoms with van der Waals surface area (Å²) in [5.41, 5.74) is 1.86. The summed E-state index contributed by atoms with van der Waals surface area (Å²) in [4.78, 5) is 22.5. The van der Waals surface area contributed by atoms with Gasteiger partial charge in [-0.15, -0.1) is 0 Å². The van der Waals surface area contributed by atoms with Crippen LogP contribution in [0, 0.1) is 17.0 Å². The van der Waals surface area contributed by atoms with Gasteiger partial charge in [-0.05, 0) is 36.8 Å². The molecule has 0 spiro atoms. The van der Waals surface area contributed by atoms with Crippen molar-refractivity contribution in [1.82, 2.24) is 0 Å². The normalized spacial score (nSPS) is 10.5. The number of hydrogen-bond acceptors (Lipinski definition) is 6. The highest BCUT2D eigenvalue weighted by molar-refractivity contribution is 6.05. The standard InChI is InChI=1S/C18H18N2O5/c1-12-10-14(20(22)23)5-6-15(12)19-9-8-16(21)13-4-7-17(24-2)18(11-13)25-3/h4-11,19H,1-3H3. The molecule has 0 amide bonds. The Kier molecular flexibility index (Phi) is 5.73. The number of rotatable bonds is 7. The molecular weight excluding hydrogens is 324 g/mol. The van der Waals surface area contributed by atoms with Gasteiger partial charge in [0.15, 0.2) is 17.3 Å². The Morgan fingerprint density at radius 3 is 2.44 bits per heavy atom. The summed E-state index contributed by atoms with van der Waals surface area (Å²) < 4.78 is 10.3. The second kappa shape index (κ2) is 7.96. The molecule has 0 saturated heterocycles. The fourth-order valence-corrected chi connectivity index (χ4v) is 2.22. The van der Waals surface area contributed by atoms with Gasteiger partial charge in [-0.3, -0.25) is 14.9 Å². The molecular formula is C18H18N2O5. The lowest BCUT2D eigenvalue weighted by molar-refractivity contribution is -0.384. The Balaban J connectivity index is 2.09. The van der Waals surface area contributed by atoms with Crippen LogP contribution in [0.4, 0.5) is 11.4 Å². The average Bonchev–Trinajstić information content (AvgIpc) is 2.62. The molecule has 0 radical (unpaired) electrons. The SMILES string of the molecule is COc1ccc(C(=O)C=CNc2ccc([N+](=O)[O-])cc2C)cc1OC. The van der Waals surface area contributed by atoms with E-state index in [1.807, 2.05) is 0 Å².